The van der Waals surface area contributed by atoms with Gasteiger partial charge in [-0.25, -0.2) is 0 Å². The number of hydrogen-bond acceptors (Lipinski definition) is 3. The molecule has 0 bridgehead atoms. The summed E-state index contributed by atoms with van der Waals surface area (Å²) in [5.74, 6) is -0.383. The maximum Gasteiger partial charge on any atom is 0.232 e. The van der Waals surface area contributed by atoms with Crippen LogP contribution in [0.1, 0.15) is 30.9 Å². The van der Waals surface area contributed by atoms with Crippen molar-refractivity contribution < 1.29 is 14.4 Å². The highest BCUT2D eigenvalue weighted by Crippen LogP contribution is 2.34. The minimum Gasteiger partial charge on any atom is -0.342 e. The molecule has 0 radical (unpaired) electrons. The van der Waals surface area contributed by atoms with E-state index in [4.69, 9.17) is 0 Å². The number of benzene rings is 2. The standard InChI is InChI=1S/C24H27N3O3/c1-17(28)25-21-10-5-11-22-20(21)9-6-13-27(22)24(30)19-15-23(29)26(16-19)14-12-18-7-3-2-4-8-18/h2-5,7-8,10-11,19H,6,9,12-16H2,1H3,(H,25,28)/t19-/m0/s1. The average molecular weight is 405 g/mol. The summed E-state index contributed by atoms with van der Waals surface area (Å²) in [5, 5.41) is 2.87. The van der Waals surface area contributed by atoms with Crippen molar-refractivity contribution in [3.8, 4) is 0 Å². The van der Waals surface area contributed by atoms with Gasteiger partial charge in [0.05, 0.1) is 5.92 Å². The molecule has 1 saturated heterocycles. The summed E-state index contributed by atoms with van der Waals surface area (Å²) in [6.07, 6.45) is 2.72. The summed E-state index contributed by atoms with van der Waals surface area (Å²) < 4.78 is 0. The van der Waals surface area contributed by atoms with E-state index in [0.717, 1.165) is 36.2 Å². The van der Waals surface area contributed by atoms with Crippen LogP contribution in [0, 0.1) is 5.92 Å². The van der Waals surface area contributed by atoms with Crippen LogP contribution >= 0.6 is 0 Å². The zero-order valence-electron chi connectivity index (χ0n) is 17.3. The highest BCUT2D eigenvalue weighted by Gasteiger charge is 2.38. The van der Waals surface area contributed by atoms with E-state index in [1.807, 2.05) is 46.2 Å². The predicted octanol–water partition coefficient (Wildman–Crippen LogP) is 3.02. The molecule has 0 spiro atoms. The van der Waals surface area contributed by atoms with E-state index in [1.165, 1.54) is 12.5 Å². The number of carbonyl (C=O) groups is 3. The Hall–Kier alpha value is -3.15. The van der Waals surface area contributed by atoms with Crippen LogP contribution in [0.25, 0.3) is 0 Å². The summed E-state index contributed by atoms with van der Waals surface area (Å²) in [4.78, 5) is 41.0. The number of hydrogen-bond donors (Lipinski definition) is 1. The molecule has 1 fully saturated rings. The quantitative estimate of drug-likeness (QED) is 0.831. The van der Waals surface area contributed by atoms with Crippen molar-refractivity contribution in [1.82, 2.24) is 4.90 Å². The molecule has 30 heavy (non-hydrogen) atoms. The number of fused-ring (bicyclic) bond motifs is 1. The van der Waals surface area contributed by atoms with Crippen LogP contribution in [-0.4, -0.2) is 42.3 Å². The molecule has 0 unspecified atom stereocenters. The van der Waals surface area contributed by atoms with Crippen molar-refractivity contribution in [3.05, 3.63) is 59.7 Å². The predicted molar refractivity (Wildman–Crippen MR) is 116 cm³/mol. The zero-order valence-corrected chi connectivity index (χ0v) is 17.3. The van der Waals surface area contributed by atoms with E-state index in [0.29, 0.717) is 19.6 Å². The fraction of sp³-hybridized carbons (Fsp3) is 0.375. The van der Waals surface area contributed by atoms with Crippen LogP contribution in [0.3, 0.4) is 0 Å². The summed E-state index contributed by atoms with van der Waals surface area (Å²) >= 11 is 0. The molecule has 6 nitrogen and oxygen atoms in total. The number of anilines is 2. The average Bonchev–Trinajstić information content (AvgIpc) is 3.12. The molecule has 6 heteroatoms. The van der Waals surface area contributed by atoms with Crippen LogP contribution in [0.15, 0.2) is 48.5 Å². The first-order valence-corrected chi connectivity index (χ1v) is 10.6. The SMILES string of the molecule is CC(=O)Nc1cccc2c1CCCN2C(=O)[C@H]1CC(=O)N(CCc2ccccc2)C1. The second-order valence-corrected chi connectivity index (χ2v) is 8.05. The molecule has 3 amide bonds. The maximum atomic E-state index is 13.3. The van der Waals surface area contributed by atoms with Crippen molar-refractivity contribution in [2.75, 3.05) is 29.9 Å². The molecule has 2 aliphatic rings. The molecule has 0 aliphatic carbocycles. The Kier molecular flexibility index (Phi) is 5.84. The summed E-state index contributed by atoms with van der Waals surface area (Å²) in [6, 6.07) is 15.8. The van der Waals surface area contributed by atoms with Gasteiger partial charge in [-0.05, 0) is 42.5 Å². The summed E-state index contributed by atoms with van der Waals surface area (Å²) in [5.41, 5.74) is 3.81. The third-order valence-electron chi connectivity index (χ3n) is 5.90. The van der Waals surface area contributed by atoms with Crippen LogP contribution in [-0.2, 0) is 27.2 Å². The Morgan fingerprint density at radius 1 is 1.10 bits per heavy atom. The Bertz CT molecular complexity index is 957. The first-order chi connectivity index (χ1) is 14.5. The van der Waals surface area contributed by atoms with Gasteiger partial charge in [0.1, 0.15) is 0 Å². The number of amides is 3. The van der Waals surface area contributed by atoms with Gasteiger partial charge in [0.25, 0.3) is 0 Å². The molecule has 1 N–H and O–H groups in total. The molecule has 1 atom stereocenters. The monoisotopic (exact) mass is 405 g/mol. The smallest absolute Gasteiger partial charge is 0.232 e. The topological polar surface area (TPSA) is 69.7 Å². The van der Waals surface area contributed by atoms with Gasteiger partial charge in [-0.2, -0.15) is 0 Å². The van der Waals surface area contributed by atoms with Crippen molar-refractivity contribution in [1.29, 1.82) is 0 Å². The third-order valence-corrected chi connectivity index (χ3v) is 5.90. The van der Waals surface area contributed by atoms with Gasteiger partial charge in [-0.3, -0.25) is 14.4 Å². The Morgan fingerprint density at radius 3 is 2.67 bits per heavy atom. The molecule has 0 aromatic heterocycles. The van der Waals surface area contributed by atoms with Crippen LogP contribution in [0.5, 0.6) is 0 Å². The Morgan fingerprint density at radius 2 is 1.90 bits per heavy atom. The number of nitrogens with zero attached hydrogens (tertiary/aromatic N) is 2. The lowest BCUT2D eigenvalue weighted by molar-refractivity contribution is -0.128. The molecule has 2 aliphatic heterocycles. The minimum atomic E-state index is -0.316. The molecular weight excluding hydrogens is 378 g/mol. The molecular formula is C24H27N3O3. The van der Waals surface area contributed by atoms with Crippen LogP contribution in [0.2, 0.25) is 0 Å². The molecule has 0 saturated carbocycles. The van der Waals surface area contributed by atoms with E-state index in [1.54, 1.807) is 0 Å². The van der Waals surface area contributed by atoms with Gasteiger partial charge in [0.2, 0.25) is 17.7 Å². The molecule has 2 heterocycles. The van der Waals surface area contributed by atoms with E-state index in [-0.39, 0.29) is 30.1 Å². The van der Waals surface area contributed by atoms with Gasteiger partial charge in [0.15, 0.2) is 0 Å². The van der Waals surface area contributed by atoms with Gasteiger partial charge in [-0.15, -0.1) is 0 Å². The maximum absolute atomic E-state index is 13.3. The Balaban J connectivity index is 1.45. The van der Waals surface area contributed by atoms with E-state index >= 15 is 0 Å². The molecule has 2 aromatic rings. The highest BCUT2D eigenvalue weighted by molar-refractivity contribution is 6.01. The third kappa shape index (κ3) is 4.22. The summed E-state index contributed by atoms with van der Waals surface area (Å²) in [6.45, 7) is 3.24. The molecule has 2 aromatic carbocycles. The number of nitrogens with one attached hydrogen (secondary N) is 1. The second kappa shape index (κ2) is 8.69. The first kappa shape index (κ1) is 20.1. The number of carbonyl (C=O) groups excluding carboxylic acids is 3. The van der Waals surface area contributed by atoms with Gasteiger partial charge in [-0.1, -0.05) is 36.4 Å². The number of rotatable bonds is 5. The fourth-order valence-electron chi connectivity index (χ4n) is 4.44. The van der Waals surface area contributed by atoms with Gasteiger partial charge >= 0.3 is 0 Å². The highest BCUT2D eigenvalue weighted by atomic mass is 16.2. The largest absolute Gasteiger partial charge is 0.342 e. The zero-order chi connectivity index (χ0) is 21.1. The number of likely N-dealkylation sites (tertiary alicyclic amines) is 1. The fourth-order valence-corrected chi connectivity index (χ4v) is 4.44. The van der Waals surface area contributed by atoms with E-state index in [2.05, 4.69) is 17.4 Å². The lowest BCUT2D eigenvalue weighted by Gasteiger charge is -2.32. The lowest BCUT2D eigenvalue weighted by atomic mass is 9.97. The first-order valence-electron chi connectivity index (χ1n) is 10.6. The van der Waals surface area contributed by atoms with Gasteiger partial charge < -0.3 is 15.1 Å². The molecule has 156 valence electrons. The van der Waals surface area contributed by atoms with Crippen molar-refractivity contribution >= 4 is 29.1 Å². The van der Waals surface area contributed by atoms with Crippen LogP contribution in [0.4, 0.5) is 11.4 Å². The second-order valence-electron chi connectivity index (χ2n) is 8.05. The minimum absolute atomic E-state index is 0.00601. The lowest BCUT2D eigenvalue weighted by Crippen LogP contribution is -2.41. The van der Waals surface area contributed by atoms with E-state index in [9.17, 15) is 14.4 Å². The van der Waals surface area contributed by atoms with Crippen molar-refractivity contribution in [3.63, 3.8) is 0 Å². The molecule has 4 rings (SSSR count). The van der Waals surface area contributed by atoms with Crippen molar-refractivity contribution in [2.24, 2.45) is 5.92 Å². The summed E-state index contributed by atoms with van der Waals surface area (Å²) in [7, 11) is 0. The van der Waals surface area contributed by atoms with Gasteiger partial charge in [0, 0.05) is 44.4 Å². The normalized spacial score (nSPS) is 18.3. The van der Waals surface area contributed by atoms with Crippen LogP contribution < -0.4 is 10.2 Å². The van der Waals surface area contributed by atoms with Crippen molar-refractivity contribution in [2.45, 2.75) is 32.6 Å². The Labute approximate surface area is 176 Å². The van der Waals surface area contributed by atoms with E-state index < -0.39 is 0 Å².